The smallest absolute Gasteiger partial charge is 0.335 e. The molecule has 2 aromatic rings. The van der Waals surface area contributed by atoms with Crippen LogP contribution in [0.2, 0.25) is 0 Å². The summed E-state index contributed by atoms with van der Waals surface area (Å²) in [5.41, 5.74) is 1.52. The molecule has 0 saturated carbocycles. The Morgan fingerprint density at radius 1 is 1.15 bits per heavy atom. The number of carboxylic acids is 1. The Morgan fingerprint density at radius 2 is 1.90 bits per heavy atom. The summed E-state index contributed by atoms with van der Waals surface area (Å²) in [4.78, 5) is 30.4. The van der Waals surface area contributed by atoms with Gasteiger partial charge in [-0.1, -0.05) is 0 Å². The van der Waals surface area contributed by atoms with Gasteiger partial charge in [-0.2, -0.15) is 0 Å². The molecule has 0 aliphatic carbocycles. The van der Waals surface area contributed by atoms with Crippen molar-refractivity contribution < 1.29 is 14.7 Å². The van der Waals surface area contributed by atoms with Crippen molar-refractivity contribution in [2.24, 2.45) is 0 Å². The fourth-order valence-corrected chi connectivity index (χ4v) is 1.65. The van der Waals surface area contributed by atoms with Gasteiger partial charge in [-0.15, -0.1) is 0 Å². The third-order valence-electron chi connectivity index (χ3n) is 2.64. The molecule has 0 aliphatic heterocycles. The lowest BCUT2D eigenvalue weighted by Gasteiger charge is -2.05. The first kappa shape index (κ1) is 13.7. The van der Waals surface area contributed by atoms with Crippen LogP contribution in [0.15, 0.2) is 42.9 Å². The lowest BCUT2D eigenvalue weighted by atomic mass is 10.2. The normalized spacial score (nSPS) is 10.0. The molecule has 2 heterocycles. The first-order chi connectivity index (χ1) is 9.65. The maximum atomic E-state index is 11.7. The maximum absolute atomic E-state index is 11.7. The summed E-state index contributed by atoms with van der Waals surface area (Å²) in [6, 6.07) is 6.38. The van der Waals surface area contributed by atoms with Crippen molar-refractivity contribution in [3.05, 3.63) is 59.7 Å². The molecular formula is C14H13N3O3. The van der Waals surface area contributed by atoms with E-state index in [4.69, 9.17) is 5.11 Å². The highest BCUT2D eigenvalue weighted by molar-refractivity contribution is 5.87. The summed E-state index contributed by atoms with van der Waals surface area (Å²) >= 11 is 0. The van der Waals surface area contributed by atoms with Gasteiger partial charge < -0.3 is 10.4 Å². The van der Waals surface area contributed by atoms with Crippen molar-refractivity contribution in [2.45, 2.75) is 13.0 Å². The molecule has 0 atom stereocenters. The first-order valence-corrected chi connectivity index (χ1v) is 5.99. The minimum absolute atomic E-state index is 0.151. The van der Waals surface area contributed by atoms with Crippen LogP contribution in [0.3, 0.4) is 0 Å². The summed E-state index contributed by atoms with van der Waals surface area (Å²) < 4.78 is 0. The van der Waals surface area contributed by atoms with Crippen LogP contribution in [0.5, 0.6) is 0 Å². The third kappa shape index (κ3) is 3.88. The molecule has 0 aromatic carbocycles. The molecule has 0 saturated heterocycles. The summed E-state index contributed by atoms with van der Waals surface area (Å²) in [5, 5.41) is 11.6. The number of pyridine rings is 2. The van der Waals surface area contributed by atoms with E-state index in [1.165, 1.54) is 18.3 Å². The van der Waals surface area contributed by atoms with Crippen LogP contribution in [-0.2, 0) is 17.8 Å². The van der Waals surface area contributed by atoms with E-state index in [1.807, 2.05) is 0 Å². The van der Waals surface area contributed by atoms with Gasteiger partial charge in [0, 0.05) is 18.6 Å². The predicted molar refractivity (Wildman–Crippen MR) is 71.0 cm³/mol. The topological polar surface area (TPSA) is 92.2 Å². The summed E-state index contributed by atoms with van der Waals surface area (Å²) in [6.07, 6.45) is 4.91. The minimum Gasteiger partial charge on any atom is -0.478 e. The number of amides is 1. The molecule has 0 unspecified atom stereocenters. The van der Waals surface area contributed by atoms with E-state index in [1.54, 1.807) is 24.5 Å². The average molecular weight is 271 g/mol. The van der Waals surface area contributed by atoms with Gasteiger partial charge >= 0.3 is 5.97 Å². The van der Waals surface area contributed by atoms with Gasteiger partial charge in [-0.3, -0.25) is 14.8 Å². The molecule has 2 N–H and O–H groups in total. The van der Waals surface area contributed by atoms with Crippen LogP contribution >= 0.6 is 0 Å². The summed E-state index contributed by atoms with van der Waals surface area (Å²) in [6.45, 7) is 0.199. The SMILES string of the molecule is O=C(Cc1ccncc1)NCc1cc(C(=O)O)ccn1. The standard InChI is InChI=1S/C14H13N3O3/c18-13(7-10-1-4-15-5-2-10)17-9-12-8-11(14(19)20)3-6-16-12/h1-6,8H,7,9H2,(H,17,18)(H,19,20). The fraction of sp³-hybridized carbons (Fsp3) is 0.143. The van der Waals surface area contributed by atoms with Gasteiger partial charge in [-0.25, -0.2) is 4.79 Å². The highest BCUT2D eigenvalue weighted by Gasteiger charge is 2.06. The molecule has 102 valence electrons. The number of carbonyl (C=O) groups excluding carboxylic acids is 1. The van der Waals surface area contributed by atoms with Crippen LogP contribution in [0.1, 0.15) is 21.6 Å². The first-order valence-electron chi connectivity index (χ1n) is 5.99. The Hall–Kier alpha value is -2.76. The molecule has 0 bridgehead atoms. The zero-order valence-electron chi connectivity index (χ0n) is 10.6. The number of hydrogen-bond acceptors (Lipinski definition) is 4. The highest BCUT2D eigenvalue weighted by atomic mass is 16.4. The fourth-order valence-electron chi connectivity index (χ4n) is 1.65. The molecule has 0 spiro atoms. The van der Waals surface area contributed by atoms with E-state index in [0.717, 1.165) is 5.56 Å². The quantitative estimate of drug-likeness (QED) is 0.847. The number of nitrogens with zero attached hydrogens (tertiary/aromatic N) is 2. The molecule has 6 heteroatoms. The number of rotatable bonds is 5. The van der Waals surface area contributed by atoms with Gasteiger partial charge in [0.05, 0.1) is 24.2 Å². The Bertz CT molecular complexity index is 614. The number of hydrogen-bond donors (Lipinski definition) is 2. The zero-order valence-corrected chi connectivity index (χ0v) is 10.6. The summed E-state index contributed by atoms with van der Waals surface area (Å²) in [7, 11) is 0. The van der Waals surface area contributed by atoms with Gasteiger partial charge in [0.2, 0.25) is 5.91 Å². The Kier molecular flexibility index (Phi) is 4.39. The predicted octanol–water partition coefficient (Wildman–Crippen LogP) is 1.03. The second-order valence-electron chi connectivity index (χ2n) is 4.15. The van der Waals surface area contributed by atoms with Crippen molar-refractivity contribution in [3.8, 4) is 0 Å². The van der Waals surface area contributed by atoms with Crippen LogP contribution in [0.25, 0.3) is 0 Å². The van der Waals surface area contributed by atoms with E-state index in [2.05, 4.69) is 15.3 Å². The van der Waals surface area contributed by atoms with Crippen molar-refractivity contribution in [1.29, 1.82) is 0 Å². The lowest BCUT2D eigenvalue weighted by Crippen LogP contribution is -2.25. The largest absolute Gasteiger partial charge is 0.478 e. The molecule has 0 aliphatic rings. The Morgan fingerprint density at radius 3 is 2.60 bits per heavy atom. The molecular weight excluding hydrogens is 258 g/mol. The van der Waals surface area contributed by atoms with Gasteiger partial charge in [0.25, 0.3) is 0 Å². The van der Waals surface area contributed by atoms with Gasteiger partial charge in [-0.05, 0) is 29.8 Å². The van der Waals surface area contributed by atoms with Crippen LogP contribution in [-0.4, -0.2) is 27.0 Å². The molecule has 2 aromatic heterocycles. The lowest BCUT2D eigenvalue weighted by molar-refractivity contribution is -0.120. The van der Waals surface area contributed by atoms with E-state index < -0.39 is 5.97 Å². The van der Waals surface area contributed by atoms with Crippen LogP contribution in [0, 0.1) is 0 Å². The molecule has 6 nitrogen and oxygen atoms in total. The van der Waals surface area contributed by atoms with E-state index in [0.29, 0.717) is 5.69 Å². The van der Waals surface area contributed by atoms with E-state index in [9.17, 15) is 9.59 Å². The Labute approximate surface area is 115 Å². The molecule has 0 fully saturated rings. The maximum Gasteiger partial charge on any atom is 0.335 e. The van der Waals surface area contributed by atoms with E-state index >= 15 is 0 Å². The Balaban J connectivity index is 1.90. The monoisotopic (exact) mass is 271 g/mol. The van der Waals surface area contributed by atoms with Crippen molar-refractivity contribution in [2.75, 3.05) is 0 Å². The van der Waals surface area contributed by atoms with E-state index in [-0.39, 0.29) is 24.4 Å². The van der Waals surface area contributed by atoms with Crippen molar-refractivity contribution in [1.82, 2.24) is 15.3 Å². The number of aromatic carboxylic acids is 1. The molecule has 0 radical (unpaired) electrons. The average Bonchev–Trinajstić information content (AvgIpc) is 2.46. The number of nitrogens with one attached hydrogen (secondary N) is 1. The highest BCUT2D eigenvalue weighted by Crippen LogP contribution is 2.02. The minimum atomic E-state index is -1.02. The number of carbonyl (C=O) groups is 2. The van der Waals surface area contributed by atoms with Crippen molar-refractivity contribution in [3.63, 3.8) is 0 Å². The molecule has 1 amide bonds. The third-order valence-corrected chi connectivity index (χ3v) is 2.64. The second kappa shape index (κ2) is 6.42. The molecule has 2 rings (SSSR count). The zero-order chi connectivity index (χ0) is 14.4. The van der Waals surface area contributed by atoms with Gasteiger partial charge in [0.15, 0.2) is 0 Å². The number of aromatic nitrogens is 2. The van der Waals surface area contributed by atoms with Gasteiger partial charge in [0.1, 0.15) is 0 Å². The van der Waals surface area contributed by atoms with Crippen LogP contribution in [0.4, 0.5) is 0 Å². The summed E-state index contributed by atoms with van der Waals surface area (Å²) in [5.74, 6) is -1.17. The second-order valence-corrected chi connectivity index (χ2v) is 4.15. The van der Waals surface area contributed by atoms with Crippen LogP contribution < -0.4 is 5.32 Å². The molecule has 20 heavy (non-hydrogen) atoms. The van der Waals surface area contributed by atoms with Crippen molar-refractivity contribution >= 4 is 11.9 Å². The number of carboxylic acid groups (broad SMARTS) is 1.